The molecule has 0 saturated carbocycles. The van der Waals surface area contributed by atoms with Gasteiger partial charge in [0.1, 0.15) is 18.5 Å². The van der Waals surface area contributed by atoms with Gasteiger partial charge in [0.25, 0.3) is 0 Å². The number of carbonyl (C=O) groups excluding carboxylic acids is 4. The van der Waals surface area contributed by atoms with E-state index in [2.05, 4.69) is 5.32 Å². The molecule has 0 spiro atoms. The lowest BCUT2D eigenvalue weighted by Gasteiger charge is -2.25. The lowest BCUT2D eigenvalue weighted by molar-refractivity contribution is -0.165. The van der Waals surface area contributed by atoms with Crippen molar-refractivity contribution in [3.05, 3.63) is 24.3 Å². The van der Waals surface area contributed by atoms with Gasteiger partial charge in [-0.2, -0.15) is 0 Å². The van der Waals surface area contributed by atoms with Crippen molar-refractivity contribution in [3.63, 3.8) is 0 Å². The molecule has 1 saturated heterocycles. The predicted octanol–water partition coefficient (Wildman–Crippen LogP) is 0.406. The van der Waals surface area contributed by atoms with Gasteiger partial charge in [-0.15, -0.1) is 0 Å². The second-order valence-electron chi connectivity index (χ2n) is 7.58. The summed E-state index contributed by atoms with van der Waals surface area (Å²) in [5, 5.41) is 9.89. The fourth-order valence-electron chi connectivity index (χ4n) is 3.41. The van der Waals surface area contributed by atoms with Crippen LogP contribution in [0.4, 0.5) is 0 Å². The van der Waals surface area contributed by atoms with Gasteiger partial charge in [-0.1, -0.05) is 19.9 Å². The minimum absolute atomic E-state index is 0.0214. The Balaban J connectivity index is 1.72. The van der Waals surface area contributed by atoms with Gasteiger partial charge in [0.2, 0.25) is 5.91 Å². The van der Waals surface area contributed by atoms with Crippen molar-refractivity contribution in [3.8, 4) is 0 Å². The van der Waals surface area contributed by atoms with E-state index < -0.39 is 48.2 Å². The molecule has 2 N–H and O–H groups in total. The van der Waals surface area contributed by atoms with Crippen molar-refractivity contribution in [2.24, 2.45) is 11.8 Å². The fraction of sp³-hybridized carbons (Fsp3) is 0.550. The molecule has 0 radical (unpaired) electrons. The maximum Gasteiger partial charge on any atom is 0.331 e. The van der Waals surface area contributed by atoms with Crippen LogP contribution in [0.15, 0.2) is 24.3 Å². The Morgan fingerprint density at radius 1 is 1.07 bits per heavy atom. The zero-order chi connectivity index (χ0) is 21.8. The number of rotatable bonds is 6. The molecule has 0 aliphatic carbocycles. The lowest BCUT2D eigenvalue weighted by atomic mass is 9.95. The Morgan fingerprint density at radius 3 is 2.30 bits per heavy atom. The van der Waals surface area contributed by atoms with E-state index in [0.717, 1.165) is 12.2 Å². The van der Waals surface area contributed by atoms with Crippen molar-refractivity contribution in [2.75, 3.05) is 6.61 Å². The minimum Gasteiger partial charge on any atom is -0.463 e. The van der Waals surface area contributed by atoms with Gasteiger partial charge in [-0.3, -0.25) is 15.0 Å². The highest BCUT2D eigenvalue weighted by atomic mass is 16.7. The molecule has 10 nitrogen and oxygen atoms in total. The largest absolute Gasteiger partial charge is 0.463 e. The molecular formula is C20H24N2O8. The van der Waals surface area contributed by atoms with E-state index >= 15 is 0 Å². The highest BCUT2D eigenvalue weighted by molar-refractivity contribution is 6.06. The van der Waals surface area contributed by atoms with Crippen molar-refractivity contribution >= 4 is 29.7 Å². The Bertz CT molecular complexity index is 803. The first-order valence-corrected chi connectivity index (χ1v) is 9.73. The molecule has 3 aliphatic heterocycles. The molecule has 1 fully saturated rings. The summed E-state index contributed by atoms with van der Waals surface area (Å²) in [6, 6.07) is 0. The number of nitrogens with one attached hydrogen (secondary N) is 2. The summed E-state index contributed by atoms with van der Waals surface area (Å²) in [7, 11) is 0. The van der Waals surface area contributed by atoms with Gasteiger partial charge in [-0.25, -0.2) is 9.59 Å². The van der Waals surface area contributed by atoms with E-state index in [4.69, 9.17) is 24.4 Å². The predicted molar refractivity (Wildman–Crippen MR) is 101 cm³/mol. The summed E-state index contributed by atoms with van der Waals surface area (Å²) >= 11 is 0. The second kappa shape index (κ2) is 9.21. The molecule has 0 bridgehead atoms. The van der Waals surface area contributed by atoms with Crippen LogP contribution in [0.3, 0.4) is 0 Å². The molecule has 5 atom stereocenters. The first-order chi connectivity index (χ1) is 14.2. The third-order valence-corrected chi connectivity index (χ3v) is 4.98. The zero-order valence-corrected chi connectivity index (χ0v) is 16.7. The lowest BCUT2D eigenvalue weighted by Crippen LogP contribution is -2.43. The number of carbonyl (C=O) groups is 4. The smallest absolute Gasteiger partial charge is 0.331 e. The molecule has 0 aromatic heterocycles. The molecule has 0 aromatic carbocycles. The number of amidine groups is 1. The van der Waals surface area contributed by atoms with E-state index in [0.29, 0.717) is 12.8 Å². The average Bonchev–Trinajstić information content (AvgIpc) is 2.98. The van der Waals surface area contributed by atoms with Crippen LogP contribution in [0.5, 0.6) is 0 Å². The number of hydrogen-bond donors (Lipinski definition) is 2. The van der Waals surface area contributed by atoms with E-state index in [1.807, 2.05) is 0 Å². The van der Waals surface area contributed by atoms with Crippen LogP contribution in [0.25, 0.3) is 0 Å². The molecule has 3 heterocycles. The Kier molecular flexibility index (Phi) is 6.66. The first-order valence-electron chi connectivity index (χ1n) is 9.73. The van der Waals surface area contributed by atoms with Crippen molar-refractivity contribution in [2.45, 2.75) is 51.1 Å². The Morgan fingerprint density at radius 2 is 1.70 bits per heavy atom. The number of hydrogen-bond acceptors (Lipinski definition) is 9. The third kappa shape index (κ3) is 5.12. The quantitative estimate of drug-likeness (QED) is 0.465. The van der Waals surface area contributed by atoms with Crippen molar-refractivity contribution < 1.29 is 38.1 Å². The molecule has 30 heavy (non-hydrogen) atoms. The van der Waals surface area contributed by atoms with Crippen molar-refractivity contribution in [1.82, 2.24) is 5.32 Å². The van der Waals surface area contributed by atoms with Gasteiger partial charge in [0.15, 0.2) is 12.2 Å². The van der Waals surface area contributed by atoms with Crippen LogP contribution in [-0.4, -0.2) is 60.7 Å². The van der Waals surface area contributed by atoms with E-state index in [1.165, 1.54) is 6.08 Å². The summed E-state index contributed by atoms with van der Waals surface area (Å²) in [4.78, 5) is 47.8. The van der Waals surface area contributed by atoms with E-state index in [1.54, 1.807) is 19.9 Å². The number of amides is 1. The van der Waals surface area contributed by atoms with E-state index in [-0.39, 0.29) is 24.3 Å². The molecule has 1 amide bonds. The van der Waals surface area contributed by atoms with Crippen LogP contribution in [0, 0.1) is 17.2 Å². The van der Waals surface area contributed by atoms with Crippen LogP contribution in [0.2, 0.25) is 0 Å². The number of esters is 3. The molecule has 0 aromatic rings. The molecule has 162 valence electrons. The minimum atomic E-state index is -0.944. The van der Waals surface area contributed by atoms with Gasteiger partial charge in [-0.05, 0) is 18.9 Å². The maximum atomic E-state index is 12.0. The zero-order valence-electron chi connectivity index (χ0n) is 16.7. The van der Waals surface area contributed by atoms with E-state index in [9.17, 15) is 19.2 Å². The molecule has 3 rings (SSSR count). The van der Waals surface area contributed by atoms with Gasteiger partial charge < -0.3 is 24.3 Å². The second-order valence-corrected chi connectivity index (χ2v) is 7.58. The molecule has 2 unspecified atom stereocenters. The summed E-state index contributed by atoms with van der Waals surface area (Å²) < 4.78 is 22.0. The van der Waals surface area contributed by atoms with Crippen LogP contribution >= 0.6 is 0 Å². The SMILES string of the molecule is CC(C)C(=O)OC[C@H]1O[C@@H](CCC2C=CC(=N)NC2=O)[C@H]2OC(=O)/C=C\C(=O)OC12. The number of fused-ring (bicyclic) bond motifs is 1. The first kappa shape index (κ1) is 21.7. The van der Waals surface area contributed by atoms with Crippen LogP contribution in [-0.2, 0) is 38.1 Å². The van der Waals surface area contributed by atoms with Gasteiger partial charge >= 0.3 is 17.9 Å². The Labute approximate surface area is 173 Å². The Hall–Kier alpha value is -3.01. The number of ether oxygens (including phenoxy) is 4. The van der Waals surface area contributed by atoms with Gasteiger partial charge in [0.05, 0.1) is 17.9 Å². The summed E-state index contributed by atoms with van der Waals surface area (Å²) in [5.74, 6) is -2.95. The highest BCUT2D eigenvalue weighted by Crippen LogP contribution is 2.32. The average molecular weight is 420 g/mol. The topological polar surface area (TPSA) is 141 Å². The third-order valence-electron chi connectivity index (χ3n) is 4.98. The fourth-order valence-corrected chi connectivity index (χ4v) is 3.41. The molecule has 10 heteroatoms. The van der Waals surface area contributed by atoms with Crippen LogP contribution in [0.1, 0.15) is 26.7 Å². The highest BCUT2D eigenvalue weighted by Gasteiger charge is 2.50. The van der Waals surface area contributed by atoms with Crippen LogP contribution < -0.4 is 5.32 Å². The normalized spacial score (nSPS) is 31.9. The molecular weight excluding hydrogens is 396 g/mol. The van der Waals surface area contributed by atoms with Gasteiger partial charge in [0, 0.05) is 12.2 Å². The maximum absolute atomic E-state index is 12.0. The molecule has 3 aliphatic rings. The monoisotopic (exact) mass is 420 g/mol. The standard InChI is InChI=1S/C20H24N2O8/c1-10(2)20(26)27-9-13-18-17(29-15(23)7-8-16(24)30-18)12(28-13)5-3-11-4-6-14(21)22-19(11)25/h4,6-8,10-13,17-18H,3,5,9H2,1-2H3,(H2,21,22,25)/b8-7-/t11?,12-,13+,17+,18?/m0/s1. The summed E-state index contributed by atoms with van der Waals surface area (Å²) in [5.41, 5.74) is 0. The summed E-state index contributed by atoms with van der Waals surface area (Å²) in [6.07, 6.45) is 2.44. The summed E-state index contributed by atoms with van der Waals surface area (Å²) in [6.45, 7) is 3.22. The van der Waals surface area contributed by atoms with Crippen molar-refractivity contribution in [1.29, 1.82) is 5.41 Å².